The zero-order chi connectivity index (χ0) is 14.8. The van der Waals surface area contributed by atoms with E-state index in [0.717, 1.165) is 44.0 Å². The lowest BCUT2D eigenvalue weighted by Crippen LogP contribution is -2.43. The van der Waals surface area contributed by atoms with Gasteiger partial charge in [-0.15, -0.1) is 0 Å². The Morgan fingerprint density at radius 2 is 2.30 bits per heavy atom. The van der Waals surface area contributed by atoms with Gasteiger partial charge in [0.2, 0.25) is 0 Å². The minimum absolute atomic E-state index is 0.0253. The summed E-state index contributed by atoms with van der Waals surface area (Å²) >= 11 is 1.36. The van der Waals surface area contributed by atoms with E-state index in [9.17, 15) is 4.79 Å². The van der Waals surface area contributed by atoms with Gasteiger partial charge in [0.25, 0.3) is 5.91 Å². The van der Waals surface area contributed by atoms with Gasteiger partial charge < -0.3 is 16.0 Å². The number of nitrogens with zero attached hydrogens (tertiary/aromatic N) is 2. The van der Waals surface area contributed by atoms with Crippen LogP contribution in [0.4, 0.5) is 10.9 Å². The average Bonchev–Trinajstić information content (AvgIpc) is 2.75. The lowest BCUT2D eigenvalue weighted by Gasteiger charge is -2.37. The number of nitrogens with two attached hydrogens (primary N) is 1. The Hall–Kier alpha value is -1.30. The second kappa shape index (κ2) is 5.99. The van der Waals surface area contributed by atoms with Crippen molar-refractivity contribution >= 4 is 28.2 Å². The molecule has 1 aliphatic heterocycles. The monoisotopic (exact) mass is 296 g/mol. The number of likely N-dealkylation sites (tertiary alicyclic amines) is 1. The summed E-state index contributed by atoms with van der Waals surface area (Å²) in [6.07, 6.45) is 3.24. The lowest BCUT2D eigenvalue weighted by atomic mass is 9.84. The molecule has 6 heteroatoms. The van der Waals surface area contributed by atoms with Crippen molar-refractivity contribution in [3.63, 3.8) is 0 Å². The fraction of sp³-hybridized carbons (Fsp3) is 0.714. The molecule has 3 N–H and O–H groups in total. The summed E-state index contributed by atoms with van der Waals surface area (Å²) in [6.45, 7) is 8.95. The van der Waals surface area contributed by atoms with Crippen LogP contribution in [-0.4, -0.2) is 35.4 Å². The van der Waals surface area contributed by atoms with Gasteiger partial charge in [0.05, 0.1) is 0 Å². The van der Waals surface area contributed by atoms with E-state index in [1.165, 1.54) is 11.3 Å². The molecule has 0 saturated carbocycles. The minimum Gasteiger partial charge on any atom is -0.382 e. The second-order valence-electron chi connectivity index (χ2n) is 6.15. The van der Waals surface area contributed by atoms with Crippen LogP contribution in [0.5, 0.6) is 0 Å². The van der Waals surface area contributed by atoms with Crippen molar-refractivity contribution in [1.82, 2.24) is 9.88 Å². The number of carbonyl (C=O) groups is 1. The molecule has 0 aromatic carbocycles. The molecule has 1 fully saturated rings. The highest BCUT2D eigenvalue weighted by Gasteiger charge is 2.31. The predicted molar refractivity (Wildman–Crippen MR) is 84.2 cm³/mol. The highest BCUT2D eigenvalue weighted by Crippen LogP contribution is 2.32. The highest BCUT2D eigenvalue weighted by molar-refractivity contribution is 7.18. The fourth-order valence-electron chi connectivity index (χ4n) is 2.53. The Morgan fingerprint density at radius 3 is 2.95 bits per heavy atom. The summed E-state index contributed by atoms with van der Waals surface area (Å²) in [7, 11) is 0. The number of nitrogen functional groups attached to an aromatic ring is 1. The second-order valence-corrected chi connectivity index (χ2v) is 7.15. The SMILES string of the molecule is CCCNc1nc(N)c(C(=O)N2CCCC(C)(C)C2)s1. The Balaban J connectivity index is 2.10. The van der Waals surface area contributed by atoms with Crippen molar-refractivity contribution in [2.24, 2.45) is 5.41 Å². The van der Waals surface area contributed by atoms with Crippen LogP contribution in [0, 0.1) is 5.41 Å². The molecule has 2 heterocycles. The first-order valence-corrected chi connectivity index (χ1v) is 8.04. The largest absolute Gasteiger partial charge is 0.382 e. The molecule has 0 atom stereocenters. The highest BCUT2D eigenvalue weighted by atomic mass is 32.1. The van der Waals surface area contributed by atoms with Crippen molar-refractivity contribution < 1.29 is 4.79 Å². The molecular formula is C14H24N4OS. The first-order chi connectivity index (χ1) is 9.43. The van der Waals surface area contributed by atoms with Gasteiger partial charge in [0, 0.05) is 19.6 Å². The molecule has 1 aromatic rings. The number of nitrogens with one attached hydrogen (secondary N) is 1. The third-order valence-corrected chi connectivity index (χ3v) is 4.58. The Labute approximate surface area is 124 Å². The molecule has 1 amide bonds. The van der Waals surface area contributed by atoms with Gasteiger partial charge >= 0.3 is 0 Å². The van der Waals surface area contributed by atoms with Gasteiger partial charge in [-0.1, -0.05) is 32.1 Å². The lowest BCUT2D eigenvalue weighted by molar-refractivity contribution is 0.0589. The van der Waals surface area contributed by atoms with E-state index in [0.29, 0.717) is 10.7 Å². The van der Waals surface area contributed by atoms with E-state index in [1.807, 2.05) is 4.90 Å². The van der Waals surface area contributed by atoms with Crippen LogP contribution in [0.25, 0.3) is 0 Å². The number of hydrogen-bond acceptors (Lipinski definition) is 5. The summed E-state index contributed by atoms with van der Waals surface area (Å²) in [5, 5.41) is 3.93. The van der Waals surface area contributed by atoms with Crippen LogP contribution in [0.3, 0.4) is 0 Å². The minimum atomic E-state index is 0.0253. The summed E-state index contributed by atoms with van der Waals surface area (Å²) in [5.41, 5.74) is 6.09. The molecule has 1 saturated heterocycles. The Bertz CT molecular complexity index is 484. The van der Waals surface area contributed by atoms with Crippen LogP contribution in [0.2, 0.25) is 0 Å². The van der Waals surface area contributed by atoms with Gasteiger partial charge in [-0.05, 0) is 24.7 Å². The standard InChI is InChI=1S/C14H24N4OS/c1-4-7-16-13-17-11(15)10(20-13)12(19)18-8-5-6-14(2,3)9-18/h4-9,15H2,1-3H3,(H,16,17). The average molecular weight is 296 g/mol. The van der Waals surface area contributed by atoms with Crippen molar-refractivity contribution in [2.75, 3.05) is 30.7 Å². The number of carbonyl (C=O) groups excluding carboxylic acids is 1. The Kier molecular flexibility index (Phi) is 4.52. The van der Waals surface area contributed by atoms with Crippen molar-refractivity contribution in [3.05, 3.63) is 4.88 Å². The van der Waals surface area contributed by atoms with E-state index < -0.39 is 0 Å². The van der Waals surface area contributed by atoms with Gasteiger partial charge in [0.1, 0.15) is 10.7 Å². The van der Waals surface area contributed by atoms with E-state index in [1.54, 1.807) is 0 Å². The maximum absolute atomic E-state index is 12.6. The maximum Gasteiger partial charge on any atom is 0.267 e. The molecular weight excluding hydrogens is 272 g/mol. The number of anilines is 2. The molecule has 0 unspecified atom stereocenters. The van der Waals surface area contributed by atoms with Gasteiger partial charge in [-0.2, -0.15) is 0 Å². The predicted octanol–water partition coefficient (Wildman–Crippen LogP) is 2.81. The van der Waals surface area contributed by atoms with Crippen LogP contribution in [0.15, 0.2) is 0 Å². The van der Waals surface area contributed by atoms with Crippen molar-refractivity contribution in [2.45, 2.75) is 40.0 Å². The first kappa shape index (κ1) is 15.1. The number of aromatic nitrogens is 1. The van der Waals surface area contributed by atoms with E-state index >= 15 is 0 Å². The molecule has 2 rings (SSSR count). The molecule has 0 radical (unpaired) electrons. The van der Waals surface area contributed by atoms with Gasteiger partial charge in [-0.3, -0.25) is 4.79 Å². The number of piperidine rings is 1. The zero-order valence-corrected chi connectivity index (χ0v) is 13.3. The summed E-state index contributed by atoms with van der Waals surface area (Å²) in [4.78, 5) is 19.3. The number of thiazole rings is 1. The molecule has 20 heavy (non-hydrogen) atoms. The number of amides is 1. The Morgan fingerprint density at radius 1 is 1.55 bits per heavy atom. The quantitative estimate of drug-likeness (QED) is 0.896. The third kappa shape index (κ3) is 3.42. The molecule has 5 nitrogen and oxygen atoms in total. The van der Waals surface area contributed by atoms with Crippen molar-refractivity contribution in [1.29, 1.82) is 0 Å². The third-order valence-electron chi connectivity index (χ3n) is 3.56. The van der Waals surface area contributed by atoms with Crippen LogP contribution < -0.4 is 11.1 Å². The summed E-state index contributed by atoms with van der Waals surface area (Å²) < 4.78 is 0. The van der Waals surface area contributed by atoms with Crippen LogP contribution in [-0.2, 0) is 0 Å². The van der Waals surface area contributed by atoms with Gasteiger partial charge in [0.15, 0.2) is 5.13 Å². The first-order valence-electron chi connectivity index (χ1n) is 7.22. The fourth-order valence-corrected chi connectivity index (χ4v) is 3.41. The maximum atomic E-state index is 12.6. The molecule has 1 aromatic heterocycles. The van der Waals surface area contributed by atoms with E-state index in [2.05, 4.69) is 31.1 Å². The summed E-state index contributed by atoms with van der Waals surface area (Å²) in [5.74, 6) is 0.374. The molecule has 0 spiro atoms. The molecule has 1 aliphatic rings. The number of rotatable bonds is 4. The molecule has 0 aliphatic carbocycles. The molecule has 0 bridgehead atoms. The smallest absolute Gasteiger partial charge is 0.267 e. The van der Waals surface area contributed by atoms with Crippen molar-refractivity contribution in [3.8, 4) is 0 Å². The zero-order valence-electron chi connectivity index (χ0n) is 12.5. The normalized spacial score (nSPS) is 18.1. The number of hydrogen-bond donors (Lipinski definition) is 2. The topological polar surface area (TPSA) is 71.2 Å². The molecule has 112 valence electrons. The van der Waals surface area contributed by atoms with E-state index in [-0.39, 0.29) is 11.3 Å². The summed E-state index contributed by atoms with van der Waals surface area (Å²) in [6, 6.07) is 0. The van der Waals surface area contributed by atoms with Gasteiger partial charge in [-0.25, -0.2) is 4.98 Å². The van der Waals surface area contributed by atoms with Crippen LogP contribution in [0.1, 0.15) is 49.7 Å². The van der Waals surface area contributed by atoms with Crippen LogP contribution >= 0.6 is 11.3 Å². The van der Waals surface area contributed by atoms with E-state index in [4.69, 9.17) is 5.73 Å².